The molecule has 122 valence electrons. The van der Waals surface area contributed by atoms with E-state index in [1.807, 2.05) is 24.5 Å². The van der Waals surface area contributed by atoms with Crippen LogP contribution in [0.25, 0.3) is 0 Å². The van der Waals surface area contributed by atoms with Gasteiger partial charge in [-0.2, -0.15) is 0 Å². The van der Waals surface area contributed by atoms with Gasteiger partial charge in [-0.05, 0) is 42.8 Å². The summed E-state index contributed by atoms with van der Waals surface area (Å²) in [6, 6.07) is 4.33. The molecule has 1 fully saturated rings. The largest absolute Gasteiger partial charge is 0.493 e. The summed E-state index contributed by atoms with van der Waals surface area (Å²) in [4.78, 5) is 8.26. The van der Waals surface area contributed by atoms with Crippen LogP contribution >= 0.6 is 11.3 Å². The first-order valence-corrected chi connectivity index (χ1v) is 9.07. The number of ether oxygens (including phenoxy) is 2. The van der Waals surface area contributed by atoms with Crippen LogP contribution in [0.1, 0.15) is 29.0 Å². The third-order valence-corrected chi connectivity index (χ3v) is 6.10. The summed E-state index contributed by atoms with van der Waals surface area (Å²) in [5.74, 6) is 0.893. The van der Waals surface area contributed by atoms with Gasteiger partial charge >= 0.3 is 0 Å². The van der Waals surface area contributed by atoms with Crippen molar-refractivity contribution in [1.29, 1.82) is 0 Å². The van der Waals surface area contributed by atoms with E-state index in [0.717, 1.165) is 56.1 Å². The van der Waals surface area contributed by atoms with Crippen molar-refractivity contribution in [1.82, 2.24) is 4.98 Å². The molecule has 2 aromatic heterocycles. The SMILES string of the molecule is COc1c(N2CCC3(CC2)OCCc2sccc23)ccnc1C. The van der Waals surface area contributed by atoms with Crippen LogP contribution in [0.15, 0.2) is 23.7 Å². The van der Waals surface area contributed by atoms with Crippen molar-refractivity contribution in [3.8, 4) is 5.75 Å². The van der Waals surface area contributed by atoms with Crippen molar-refractivity contribution in [2.75, 3.05) is 31.7 Å². The molecule has 2 aliphatic rings. The summed E-state index contributed by atoms with van der Waals surface area (Å²) in [5, 5.41) is 2.21. The molecule has 0 aromatic carbocycles. The summed E-state index contributed by atoms with van der Waals surface area (Å²) < 4.78 is 11.9. The molecule has 0 radical (unpaired) electrons. The van der Waals surface area contributed by atoms with Crippen LogP contribution in [0, 0.1) is 6.92 Å². The maximum absolute atomic E-state index is 6.29. The molecule has 2 aromatic rings. The summed E-state index contributed by atoms with van der Waals surface area (Å²) >= 11 is 1.88. The van der Waals surface area contributed by atoms with E-state index >= 15 is 0 Å². The van der Waals surface area contributed by atoms with E-state index in [-0.39, 0.29) is 5.60 Å². The van der Waals surface area contributed by atoms with Gasteiger partial charge in [0, 0.05) is 30.6 Å². The highest BCUT2D eigenvalue weighted by molar-refractivity contribution is 7.10. The zero-order valence-corrected chi connectivity index (χ0v) is 14.5. The van der Waals surface area contributed by atoms with Gasteiger partial charge in [-0.25, -0.2) is 0 Å². The van der Waals surface area contributed by atoms with Gasteiger partial charge in [0.05, 0.1) is 30.7 Å². The number of thiophene rings is 1. The topological polar surface area (TPSA) is 34.6 Å². The lowest BCUT2D eigenvalue weighted by Gasteiger charge is -2.45. The Kier molecular flexibility index (Phi) is 3.77. The zero-order valence-electron chi connectivity index (χ0n) is 13.7. The third-order valence-electron chi connectivity index (χ3n) is 5.12. The second kappa shape index (κ2) is 5.80. The predicted molar refractivity (Wildman–Crippen MR) is 92.6 cm³/mol. The molecule has 0 unspecified atom stereocenters. The molecule has 0 amide bonds. The Labute approximate surface area is 141 Å². The number of methoxy groups -OCH3 is 1. The van der Waals surface area contributed by atoms with Gasteiger partial charge in [-0.3, -0.25) is 4.98 Å². The molecule has 1 saturated heterocycles. The van der Waals surface area contributed by atoms with E-state index in [4.69, 9.17) is 9.47 Å². The summed E-state index contributed by atoms with van der Waals surface area (Å²) in [7, 11) is 1.72. The van der Waals surface area contributed by atoms with Crippen LogP contribution in [0.2, 0.25) is 0 Å². The molecule has 4 nitrogen and oxygen atoms in total. The van der Waals surface area contributed by atoms with Crippen LogP contribution in [0.4, 0.5) is 5.69 Å². The van der Waals surface area contributed by atoms with E-state index in [1.54, 1.807) is 7.11 Å². The first-order valence-electron chi connectivity index (χ1n) is 8.19. The van der Waals surface area contributed by atoms with Gasteiger partial charge in [0.2, 0.25) is 0 Å². The third kappa shape index (κ3) is 2.42. The predicted octanol–water partition coefficient (Wildman–Crippen LogP) is 3.53. The highest BCUT2D eigenvalue weighted by Gasteiger charge is 2.41. The van der Waals surface area contributed by atoms with Crippen molar-refractivity contribution in [2.24, 2.45) is 0 Å². The minimum atomic E-state index is -0.0700. The number of aryl methyl sites for hydroxylation is 1. The fourth-order valence-electron chi connectivity index (χ4n) is 3.92. The summed E-state index contributed by atoms with van der Waals surface area (Å²) in [6.07, 6.45) is 4.99. The zero-order chi connectivity index (χ0) is 15.9. The molecule has 0 atom stereocenters. The highest BCUT2D eigenvalue weighted by Crippen LogP contribution is 2.44. The molecule has 1 spiro atoms. The molecule has 4 heterocycles. The number of nitrogens with zero attached hydrogens (tertiary/aromatic N) is 2. The number of hydrogen-bond donors (Lipinski definition) is 0. The van der Waals surface area contributed by atoms with Gasteiger partial charge < -0.3 is 14.4 Å². The Bertz CT molecular complexity index is 705. The lowest BCUT2D eigenvalue weighted by molar-refractivity contribution is -0.0756. The van der Waals surface area contributed by atoms with Crippen LogP contribution in [-0.2, 0) is 16.8 Å². The van der Waals surface area contributed by atoms with E-state index < -0.39 is 0 Å². The van der Waals surface area contributed by atoms with Crippen LogP contribution in [0.3, 0.4) is 0 Å². The molecule has 0 N–H and O–H groups in total. The second-order valence-electron chi connectivity index (χ2n) is 6.29. The molecule has 23 heavy (non-hydrogen) atoms. The van der Waals surface area contributed by atoms with Gasteiger partial charge in [0.15, 0.2) is 5.75 Å². The number of piperidine rings is 1. The van der Waals surface area contributed by atoms with Crippen molar-refractivity contribution in [3.63, 3.8) is 0 Å². The van der Waals surface area contributed by atoms with Crippen LogP contribution in [-0.4, -0.2) is 31.8 Å². The average Bonchev–Trinajstić information content (AvgIpc) is 3.06. The minimum absolute atomic E-state index is 0.0700. The van der Waals surface area contributed by atoms with Crippen LogP contribution < -0.4 is 9.64 Å². The maximum Gasteiger partial charge on any atom is 0.163 e. The van der Waals surface area contributed by atoms with Crippen molar-refractivity contribution in [3.05, 3.63) is 39.8 Å². The van der Waals surface area contributed by atoms with Gasteiger partial charge in [0.1, 0.15) is 0 Å². The molecule has 2 aliphatic heterocycles. The van der Waals surface area contributed by atoms with Gasteiger partial charge in [-0.1, -0.05) is 0 Å². The number of anilines is 1. The van der Waals surface area contributed by atoms with Gasteiger partial charge in [0.25, 0.3) is 0 Å². The molecule has 4 rings (SSSR count). The summed E-state index contributed by atoms with van der Waals surface area (Å²) in [5.41, 5.74) is 3.46. The monoisotopic (exact) mass is 330 g/mol. The Balaban J connectivity index is 1.58. The van der Waals surface area contributed by atoms with Crippen LogP contribution in [0.5, 0.6) is 5.75 Å². The van der Waals surface area contributed by atoms with E-state index in [1.165, 1.54) is 10.4 Å². The van der Waals surface area contributed by atoms with E-state index in [9.17, 15) is 0 Å². The lowest BCUT2D eigenvalue weighted by Crippen LogP contribution is -2.46. The van der Waals surface area contributed by atoms with E-state index in [0.29, 0.717) is 0 Å². The number of pyridine rings is 1. The quantitative estimate of drug-likeness (QED) is 0.844. The normalized spacial score (nSPS) is 19.7. The second-order valence-corrected chi connectivity index (χ2v) is 7.29. The van der Waals surface area contributed by atoms with Crippen molar-refractivity contribution < 1.29 is 9.47 Å². The average molecular weight is 330 g/mol. The maximum atomic E-state index is 6.29. The Hall–Kier alpha value is -1.59. The Morgan fingerprint density at radius 1 is 1.30 bits per heavy atom. The Morgan fingerprint density at radius 2 is 2.13 bits per heavy atom. The first-order chi connectivity index (χ1) is 11.2. The smallest absolute Gasteiger partial charge is 0.163 e. The molecule has 0 saturated carbocycles. The molecule has 0 bridgehead atoms. The summed E-state index contributed by atoms with van der Waals surface area (Å²) in [6.45, 7) is 4.81. The molecule has 5 heteroatoms. The Morgan fingerprint density at radius 3 is 2.91 bits per heavy atom. The fourth-order valence-corrected chi connectivity index (χ4v) is 4.87. The number of rotatable bonds is 2. The fraction of sp³-hybridized carbons (Fsp3) is 0.500. The lowest BCUT2D eigenvalue weighted by atomic mass is 9.82. The number of aromatic nitrogens is 1. The minimum Gasteiger partial charge on any atom is -0.493 e. The molecule has 0 aliphatic carbocycles. The van der Waals surface area contributed by atoms with Crippen molar-refractivity contribution >= 4 is 17.0 Å². The van der Waals surface area contributed by atoms with Gasteiger partial charge in [-0.15, -0.1) is 11.3 Å². The number of fused-ring (bicyclic) bond motifs is 2. The molecular formula is C18H22N2O2S. The van der Waals surface area contributed by atoms with E-state index in [2.05, 4.69) is 27.4 Å². The number of hydrogen-bond acceptors (Lipinski definition) is 5. The standard InChI is InChI=1S/C18H22N2O2S/c1-13-17(21-2)15(3-8-19-13)20-9-6-18(7-10-20)14-5-12-23-16(14)4-11-22-18/h3,5,8,12H,4,6-7,9-11H2,1-2H3. The van der Waals surface area contributed by atoms with Crippen molar-refractivity contribution in [2.45, 2.75) is 31.8 Å². The highest BCUT2D eigenvalue weighted by atomic mass is 32.1. The first kappa shape index (κ1) is 15.0. The molecular weight excluding hydrogens is 308 g/mol.